The monoisotopic (exact) mass is 425 g/mol. The number of fused-ring (bicyclic) bond motifs is 3. The van der Waals surface area contributed by atoms with Crippen LogP contribution in [0.4, 0.5) is 0 Å². The van der Waals surface area contributed by atoms with Gasteiger partial charge in [0, 0.05) is 29.5 Å². The van der Waals surface area contributed by atoms with E-state index >= 15 is 0 Å². The highest BCUT2D eigenvalue weighted by molar-refractivity contribution is 6.13. The van der Waals surface area contributed by atoms with E-state index in [4.69, 9.17) is 4.74 Å². The quantitative estimate of drug-likeness (QED) is 0.291. The fourth-order valence-electron chi connectivity index (χ4n) is 5.87. The lowest BCUT2D eigenvalue weighted by molar-refractivity contribution is -0.757. The van der Waals surface area contributed by atoms with Gasteiger partial charge in [0.1, 0.15) is 5.70 Å². The molecule has 164 valence electrons. The Morgan fingerprint density at radius 2 is 2.13 bits per heavy atom. The zero-order valence-corrected chi connectivity index (χ0v) is 17.7. The average molecular weight is 425 g/mol. The fourth-order valence-corrected chi connectivity index (χ4v) is 5.87. The minimum absolute atomic E-state index is 0.0825. The minimum atomic E-state index is -0.830. The van der Waals surface area contributed by atoms with E-state index in [1.807, 2.05) is 6.07 Å². The van der Waals surface area contributed by atoms with Crippen molar-refractivity contribution in [2.24, 2.45) is 5.41 Å². The molecule has 5 rings (SSSR count). The summed E-state index contributed by atoms with van der Waals surface area (Å²) >= 11 is 0. The van der Waals surface area contributed by atoms with E-state index < -0.39 is 5.09 Å². The van der Waals surface area contributed by atoms with Gasteiger partial charge in [0.25, 0.3) is 5.09 Å². The summed E-state index contributed by atoms with van der Waals surface area (Å²) in [7, 11) is 0. The third kappa shape index (κ3) is 3.12. The van der Waals surface area contributed by atoms with Gasteiger partial charge in [-0.3, -0.25) is 4.90 Å². The first-order chi connectivity index (χ1) is 15.1. The van der Waals surface area contributed by atoms with Crippen molar-refractivity contribution in [3.8, 4) is 0 Å². The molecule has 0 radical (unpaired) electrons. The molecule has 0 unspecified atom stereocenters. The van der Waals surface area contributed by atoms with Crippen molar-refractivity contribution in [1.82, 2.24) is 9.47 Å². The maximum Gasteiger partial charge on any atom is 0.355 e. The number of nitrogens with zero attached hydrogens (tertiary/aromatic N) is 3. The van der Waals surface area contributed by atoms with Crippen LogP contribution >= 0.6 is 0 Å². The lowest BCUT2D eigenvalue weighted by Gasteiger charge is -2.53. The van der Waals surface area contributed by atoms with E-state index in [9.17, 15) is 14.9 Å². The Balaban J connectivity index is 1.55. The molecule has 0 N–H and O–H groups in total. The van der Waals surface area contributed by atoms with Gasteiger partial charge in [-0.15, -0.1) is 10.1 Å². The van der Waals surface area contributed by atoms with Crippen molar-refractivity contribution in [3.05, 3.63) is 51.7 Å². The lowest BCUT2D eigenvalue weighted by atomic mass is 9.66. The molecule has 0 aliphatic carbocycles. The van der Waals surface area contributed by atoms with Crippen molar-refractivity contribution < 1.29 is 19.5 Å². The second kappa shape index (κ2) is 7.67. The highest BCUT2D eigenvalue weighted by Gasteiger charge is 2.51. The molecule has 1 fully saturated rings. The van der Waals surface area contributed by atoms with Gasteiger partial charge < -0.3 is 14.1 Å². The van der Waals surface area contributed by atoms with Crippen LogP contribution in [0.25, 0.3) is 16.6 Å². The van der Waals surface area contributed by atoms with Gasteiger partial charge in [0.2, 0.25) is 0 Å². The third-order valence-corrected chi connectivity index (χ3v) is 7.18. The number of para-hydroxylation sites is 1. The topological polar surface area (TPSA) is 86.8 Å². The predicted octanol–water partition coefficient (Wildman–Crippen LogP) is 3.73. The second-order valence-electron chi connectivity index (χ2n) is 8.67. The van der Waals surface area contributed by atoms with Gasteiger partial charge in [0.15, 0.2) is 0 Å². The largest absolute Gasteiger partial charge is 0.461 e. The van der Waals surface area contributed by atoms with E-state index in [1.165, 1.54) is 16.6 Å². The summed E-state index contributed by atoms with van der Waals surface area (Å²) in [6.45, 7) is 4.36. The molecule has 8 heteroatoms. The van der Waals surface area contributed by atoms with Crippen LogP contribution in [0.1, 0.15) is 49.9 Å². The summed E-state index contributed by atoms with van der Waals surface area (Å²) in [5.74, 6) is -0.376. The predicted molar refractivity (Wildman–Crippen MR) is 115 cm³/mol. The number of esters is 1. The maximum absolute atomic E-state index is 13.2. The molecule has 4 heterocycles. The Labute approximate surface area is 180 Å². The van der Waals surface area contributed by atoms with E-state index in [2.05, 4.69) is 45.5 Å². The van der Waals surface area contributed by atoms with Crippen LogP contribution in [0.5, 0.6) is 0 Å². The van der Waals surface area contributed by atoms with Gasteiger partial charge in [-0.2, -0.15) is 0 Å². The lowest BCUT2D eigenvalue weighted by Crippen LogP contribution is -2.51. The maximum atomic E-state index is 13.2. The number of hydrogen-bond acceptors (Lipinski definition) is 6. The number of carbonyl (C=O) groups excluding carboxylic acids is 1. The van der Waals surface area contributed by atoms with Crippen LogP contribution in [-0.2, 0) is 20.8 Å². The van der Waals surface area contributed by atoms with E-state index in [-0.39, 0.29) is 37.1 Å². The van der Waals surface area contributed by atoms with Crippen LogP contribution in [0.2, 0.25) is 0 Å². The van der Waals surface area contributed by atoms with E-state index in [0.29, 0.717) is 5.70 Å². The molecule has 0 amide bonds. The van der Waals surface area contributed by atoms with Gasteiger partial charge in [-0.25, -0.2) is 4.79 Å². The summed E-state index contributed by atoms with van der Waals surface area (Å²) in [6, 6.07) is 8.58. The normalized spacial score (nSPS) is 24.4. The van der Waals surface area contributed by atoms with Crippen molar-refractivity contribution in [2.75, 3.05) is 26.3 Å². The molecule has 2 atom stereocenters. The van der Waals surface area contributed by atoms with Crippen LogP contribution < -0.4 is 0 Å². The van der Waals surface area contributed by atoms with Gasteiger partial charge >= 0.3 is 5.97 Å². The average Bonchev–Trinajstić information content (AvgIpc) is 3.12. The molecule has 8 nitrogen and oxygen atoms in total. The number of carbonyl (C=O) groups is 1. The Morgan fingerprint density at radius 1 is 1.29 bits per heavy atom. The molecule has 1 saturated heterocycles. The highest BCUT2D eigenvalue weighted by Crippen LogP contribution is 2.57. The number of piperidine rings is 1. The molecule has 2 aromatic rings. The summed E-state index contributed by atoms with van der Waals surface area (Å²) in [5.41, 5.74) is 4.15. The molecule has 1 aromatic heterocycles. The summed E-state index contributed by atoms with van der Waals surface area (Å²) in [5, 5.41) is 10.7. The van der Waals surface area contributed by atoms with Crippen molar-refractivity contribution in [2.45, 2.75) is 45.1 Å². The van der Waals surface area contributed by atoms with Crippen molar-refractivity contribution in [1.29, 1.82) is 0 Å². The fraction of sp³-hybridized carbons (Fsp3) is 0.522. The standard InChI is InChI=1S/C23H27N3O5/c1-2-23-10-5-11-24-12-9-17-16-7-3-4-8-18(16)25(20(17)21(23)24)19(15-23)22(27)30-13-6-14-31-26(28)29/h3-4,7-8,15,21H,2,5-6,9-14H2,1H3/t21-,23+/m1/s1. The molecule has 1 aromatic carbocycles. The van der Waals surface area contributed by atoms with Crippen LogP contribution in [0.3, 0.4) is 0 Å². The Kier molecular flexibility index (Phi) is 4.97. The van der Waals surface area contributed by atoms with Crippen LogP contribution in [0.15, 0.2) is 30.3 Å². The zero-order valence-electron chi connectivity index (χ0n) is 17.7. The molecule has 31 heavy (non-hydrogen) atoms. The number of benzene rings is 1. The van der Waals surface area contributed by atoms with Crippen molar-refractivity contribution in [3.63, 3.8) is 0 Å². The molecule has 0 spiro atoms. The molecule has 0 bridgehead atoms. The number of ether oxygens (including phenoxy) is 1. The number of aromatic nitrogens is 1. The Hall–Kier alpha value is -2.87. The Morgan fingerprint density at radius 3 is 2.94 bits per heavy atom. The van der Waals surface area contributed by atoms with Gasteiger partial charge in [-0.05, 0) is 49.9 Å². The first-order valence-corrected chi connectivity index (χ1v) is 11.1. The number of hydrogen-bond donors (Lipinski definition) is 0. The zero-order chi connectivity index (χ0) is 21.6. The first-order valence-electron chi connectivity index (χ1n) is 11.1. The van der Waals surface area contributed by atoms with Crippen molar-refractivity contribution >= 4 is 22.6 Å². The van der Waals surface area contributed by atoms with E-state index in [1.54, 1.807) is 0 Å². The van der Waals surface area contributed by atoms with E-state index in [0.717, 1.165) is 44.3 Å². The van der Waals surface area contributed by atoms with Gasteiger partial charge in [0.05, 0.1) is 24.8 Å². The molecular weight excluding hydrogens is 398 g/mol. The molecule has 0 saturated carbocycles. The first kappa shape index (κ1) is 20.1. The molecule has 3 aliphatic heterocycles. The van der Waals surface area contributed by atoms with Crippen LogP contribution in [0, 0.1) is 15.5 Å². The number of rotatable bonds is 7. The smallest absolute Gasteiger partial charge is 0.355 e. The minimum Gasteiger partial charge on any atom is -0.461 e. The third-order valence-electron chi connectivity index (χ3n) is 7.18. The highest BCUT2D eigenvalue weighted by atomic mass is 16.9. The van der Waals surface area contributed by atoms with Gasteiger partial charge in [-0.1, -0.05) is 25.1 Å². The molecule has 3 aliphatic rings. The summed E-state index contributed by atoms with van der Waals surface area (Å²) in [4.78, 5) is 30.5. The summed E-state index contributed by atoms with van der Waals surface area (Å²) in [6.07, 6.45) is 6.56. The Bertz CT molecular complexity index is 1070. The summed E-state index contributed by atoms with van der Waals surface area (Å²) < 4.78 is 7.67. The van der Waals surface area contributed by atoms with Crippen LogP contribution in [-0.4, -0.2) is 46.8 Å². The molecular formula is C23H27N3O5. The second-order valence-corrected chi connectivity index (χ2v) is 8.67. The SMILES string of the molecule is CC[C@@]12C=C(C(=O)OCCCO[N+](=O)[O-])n3c4c(c5ccccc53)CCN(CCC1)[C@H]42.